The molecule has 0 aromatic carbocycles. The Labute approximate surface area is 116 Å². The van der Waals surface area contributed by atoms with Crippen LogP contribution in [0.5, 0.6) is 0 Å². The van der Waals surface area contributed by atoms with Crippen LogP contribution >= 0.6 is 0 Å². The summed E-state index contributed by atoms with van der Waals surface area (Å²) >= 11 is 0. The lowest BCUT2D eigenvalue weighted by Gasteiger charge is -2.22. The number of rotatable bonds is 6. The second-order valence-electron chi connectivity index (χ2n) is 5.59. The van der Waals surface area contributed by atoms with Crippen molar-refractivity contribution >= 4 is 11.9 Å². The first-order chi connectivity index (χ1) is 8.56. The molecule has 0 amide bonds. The van der Waals surface area contributed by atoms with Crippen LogP contribution in [-0.2, 0) is 9.59 Å². The topological polar surface area (TPSA) is 77.8 Å². The van der Waals surface area contributed by atoms with E-state index in [2.05, 4.69) is 0 Å². The van der Waals surface area contributed by atoms with Gasteiger partial charge in [-0.3, -0.25) is 14.5 Å². The van der Waals surface area contributed by atoms with Crippen LogP contribution in [-0.4, -0.2) is 47.2 Å². The fourth-order valence-electron chi connectivity index (χ4n) is 2.03. The summed E-state index contributed by atoms with van der Waals surface area (Å²) in [5.41, 5.74) is 0. The van der Waals surface area contributed by atoms with Crippen LogP contribution in [0.3, 0.4) is 0 Å². The minimum atomic E-state index is -0.750. The Kier molecular flexibility index (Phi) is 10.4. The number of carbonyl (C=O) groups is 2. The van der Waals surface area contributed by atoms with Gasteiger partial charge in [-0.2, -0.15) is 0 Å². The minimum Gasteiger partial charge on any atom is -0.481 e. The van der Waals surface area contributed by atoms with E-state index >= 15 is 0 Å². The fourth-order valence-corrected chi connectivity index (χ4v) is 2.03. The van der Waals surface area contributed by atoms with E-state index in [9.17, 15) is 9.59 Å². The first-order valence-corrected chi connectivity index (χ1v) is 6.68. The summed E-state index contributed by atoms with van der Waals surface area (Å²) in [5.74, 6) is -1.17. The predicted octanol–water partition coefficient (Wildman–Crippen LogP) is 2.41. The average molecular weight is 275 g/mol. The Morgan fingerprint density at radius 3 is 1.37 bits per heavy atom. The Morgan fingerprint density at radius 1 is 0.947 bits per heavy atom. The van der Waals surface area contributed by atoms with Gasteiger partial charge in [-0.25, -0.2) is 0 Å². The first kappa shape index (κ1) is 20.2. The van der Waals surface area contributed by atoms with Crippen LogP contribution in [0.15, 0.2) is 0 Å². The van der Waals surface area contributed by atoms with Gasteiger partial charge in [0.15, 0.2) is 0 Å². The molecule has 0 spiro atoms. The summed E-state index contributed by atoms with van der Waals surface area (Å²) in [7, 11) is 3.55. The molecule has 114 valence electrons. The summed E-state index contributed by atoms with van der Waals surface area (Å²) in [4.78, 5) is 22.6. The highest BCUT2D eigenvalue weighted by Gasteiger charge is 2.22. The predicted molar refractivity (Wildman–Crippen MR) is 76.2 cm³/mol. The van der Waals surface area contributed by atoms with Crippen molar-refractivity contribution in [1.29, 1.82) is 0 Å². The highest BCUT2D eigenvalue weighted by Crippen LogP contribution is 2.13. The lowest BCUT2D eigenvalue weighted by molar-refractivity contribution is -0.144. The summed E-state index contributed by atoms with van der Waals surface area (Å²) in [6.07, 6.45) is 0.729. The van der Waals surface area contributed by atoms with Crippen molar-refractivity contribution in [2.45, 2.75) is 47.1 Å². The van der Waals surface area contributed by atoms with E-state index in [1.165, 1.54) is 0 Å². The molecule has 0 aliphatic heterocycles. The molecule has 2 atom stereocenters. The van der Waals surface area contributed by atoms with Crippen LogP contribution in [0.2, 0.25) is 0 Å². The number of carboxylic acids is 2. The maximum absolute atomic E-state index is 10.5. The van der Waals surface area contributed by atoms with Crippen LogP contribution in [0.25, 0.3) is 0 Å². The van der Waals surface area contributed by atoms with Gasteiger partial charge in [0.05, 0.1) is 5.92 Å². The van der Waals surface area contributed by atoms with E-state index in [0.29, 0.717) is 0 Å². The van der Waals surface area contributed by atoms with Gasteiger partial charge in [-0.15, -0.1) is 0 Å². The Balaban J connectivity index is 0. The zero-order chi connectivity index (χ0) is 15.7. The van der Waals surface area contributed by atoms with Crippen molar-refractivity contribution in [2.24, 2.45) is 17.8 Å². The summed E-state index contributed by atoms with van der Waals surface area (Å²) in [5, 5.41) is 17.2. The average Bonchev–Trinajstić information content (AvgIpc) is 2.15. The van der Waals surface area contributed by atoms with E-state index in [0.717, 1.165) is 6.42 Å². The fraction of sp³-hybridized carbons (Fsp3) is 0.857. The Morgan fingerprint density at radius 2 is 1.37 bits per heavy atom. The van der Waals surface area contributed by atoms with Crippen LogP contribution in [0.4, 0.5) is 0 Å². The van der Waals surface area contributed by atoms with Crippen LogP contribution in [0.1, 0.15) is 41.0 Å². The quantitative estimate of drug-likeness (QED) is 0.778. The lowest BCUT2D eigenvalue weighted by Crippen LogP contribution is -2.39. The molecule has 0 heterocycles. The van der Waals surface area contributed by atoms with Gasteiger partial charge in [-0.1, -0.05) is 34.6 Å². The van der Waals surface area contributed by atoms with E-state index in [1.807, 2.05) is 34.6 Å². The van der Waals surface area contributed by atoms with Crippen LogP contribution < -0.4 is 0 Å². The van der Waals surface area contributed by atoms with Gasteiger partial charge in [0.25, 0.3) is 0 Å². The van der Waals surface area contributed by atoms with Gasteiger partial charge < -0.3 is 10.2 Å². The molecule has 0 aromatic rings. The summed E-state index contributed by atoms with van der Waals surface area (Å²) in [6, 6.07) is -0.361. The molecule has 5 heteroatoms. The molecule has 0 rings (SSSR count). The number of aliphatic carboxylic acids is 2. The monoisotopic (exact) mass is 275 g/mol. The lowest BCUT2D eigenvalue weighted by atomic mass is 9.94. The maximum atomic E-state index is 10.5. The van der Waals surface area contributed by atoms with Gasteiger partial charge in [0.1, 0.15) is 6.04 Å². The smallest absolute Gasteiger partial charge is 0.321 e. The van der Waals surface area contributed by atoms with Gasteiger partial charge in [0.2, 0.25) is 0 Å². The van der Waals surface area contributed by atoms with Crippen LogP contribution in [0, 0.1) is 17.8 Å². The third kappa shape index (κ3) is 8.59. The molecular formula is C14H29NO4. The molecule has 0 unspecified atom stereocenters. The molecule has 0 saturated carbocycles. The highest BCUT2D eigenvalue weighted by molar-refractivity contribution is 5.73. The van der Waals surface area contributed by atoms with Gasteiger partial charge in [-0.05, 0) is 32.4 Å². The maximum Gasteiger partial charge on any atom is 0.321 e. The minimum absolute atomic E-state index is 0.160. The standard InChI is InChI=1S/C7H15NO2.C7H14O2/c1-5(2)6(7(9)10)8(3)4;1-4-6(5(2)3)7(8)9/h5-6H,1-4H3,(H,9,10);5-6H,4H2,1-3H3,(H,8,9)/t2*6-/m00/s1. The molecular weight excluding hydrogens is 246 g/mol. The molecule has 5 nitrogen and oxygen atoms in total. The SMILES string of the molecule is CC(C)[C@@H](C(=O)O)N(C)C.CC[C@H](C(=O)O)C(C)C. The number of hydrogen-bond donors (Lipinski definition) is 2. The largest absolute Gasteiger partial charge is 0.481 e. The zero-order valence-electron chi connectivity index (χ0n) is 13.2. The molecule has 2 N–H and O–H groups in total. The molecule has 0 fully saturated rings. The number of likely N-dealkylation sites (N-methyl/N-ethyl adjacent to an activating group) is 1. The normalized spacial score (nSPS) is 14.0. The van der Waals surface area contributed by atoms with Crippen molar-refractivity contribution < 1.29 is 19.8 Å². The van der Waals surface area contributed by atoms with E-state index in [-0.39, 0.29) is 23.8 Å². The van der Waals surface area contributed by atoms with Crippen molar-refractivity contribution in [3.8, 4) is 0 Å². The number of nitrogens with zero attached hydrogens (tertiary/aromatic N) is 1. The molecule has 19 heavy (non-hydrogen) atoms. The summed E-state index contributed by atoms with van der Waals surface area (Å²) < 4.78 is 0. The Bertz CT molecular complexity index is 267. The van der Waals surface area contributed by atoms with Crippen molar-refractivity contribution in [3.63, 3.8) is 0 Å². The van der Waals surface area contributed by atoms with Crippen molar-refractivity contribution in [1.82, 2.24) is 4.90 Å². The molecule has 0 aromatic heterocycles. The molecule has 0 aliphatic rings. The Hall–Kier alpha value is -1.10. The zero-order valence-corrected chi connectivity index (χ0v) is 13.2. The van der Waals surface area contributed by atoms with E-state index < -0.39 is 11.9 Å². The molecule has 0 radical (unpaired) electrons. The number of carboxylic acid groups (broad SMARTS) is 2. The highest BCUT2D eigenvalue weighted by atomic mass is 16.4. The third-order valence-corrected chi connectivity index (χ3v) is 3.00. The van der Waals surface area contributed by atoms with Gasteiger partial charge >= 0.3 is 11.9 Å². The second-order valence-corrected chi connectivity index (χ2v) is 5.59. The molecule has 0 saturated heterocycles. The second kappa shape index (κ2) is 9.78. The molecule has 0 bridgehead atoms. The van der Waals surface area contributed by atoms with Crippen molar-refractivity contribution in [3.05, 3.63) is 0 Å². The van der Waals surface area contributed by atoms with Crippen molar-refractivity contribution in [2.75, 3.05) is 14.1 Å². The third-order valence-electron chi connectivity index (χ3n) is 3.00. The first-order valence-electron chi connectivity index (χ1n) is 6.68. The number of hydrogen-bond acceptors (Lipinski definition) is 3. The molecule has 0 aliphatic carbocycles. The van der Waals surface area contributed by atoms with E-state index in [4.69, 9.17) is 10.2 Å². The van der Waals surface area contributed by atoms with E-state index in [1.54, 1.807) is 19.0 Å². The summed E-state index contributed by atoms with van der Waals surface area (Å²) in [6.45, 7) is 9.57. The van der Waals surface area contributed by atoms with Gasteiger partial charge in [0, 0.05) is 0 Å².